The van der Waals surface area contributed by atoms with Crippen LogP contribution in [0.15, 0.2) is 64.4 Å². The molecule has 90 valence electrons. The second-order valence-corrected chi connectivity index (χ2v) is 5.56. The summed E-state index contributed by atoms with van der Waals surface area (Å²) in [5, 5.41) is 3.05. The Kier molecular flexibility index (Phi) is 5.26. The minimum Gasteiger partial charge on any atom is -0.0947 e. The molecule has 2 aromatic carbocycles. The summed E-state index contributed by atoms with van der Waals surface area (Å²) in [4.78, 5) is 2.59. The highest BCUT2D eigenvalue weighted by atomic mass is 32.2. The van der Waals surface area contributed by atoms with E-state index in [1.165, 1.54) is 15.4 Å². The summed E-state index contributed by atoms with van der Waals surface area (Å²) >= 11 is 3.47. The van der Waals surface area contributed by atoms with Crippen LogP contribution < -0.4 is 0 Å². The lowest BCUT2D eigenvalue weighted by molar-refractivity contribution is 1.27. The van der Waals surface area contributed by atoms with E-state index in [1.807, 2.05) is 24.8 Å². The summed E-state index contributed by atoms with van der Waals surface area (Å²) in [7, 11) is 0. The molecule has 18 heavy (non-hydrogen) atoms. The van der Waals surface area contributed by atoms with Crippen LogP contribution in [0.5, 0.6) is 0 Å². The molecule has 0 fully saturated rings. The Morgan fingerprint density at radius 2 is 1.67 bits per heavy atom. The third kappa shape index (κ3) is 3.87. The molecule has 0 radical (unpaired) electrons. The van der Waals surface area contributed by atoms with Gasteiger partial charge in [0.2, 0.25) is 0 Å². The fourth-order valence-electron chi connectivity index (χ4n) is 1.52. The van der Waals surface area contributed by atoms with E-state index in [0.29, 0.717) is 0 Å². The number of hydrogen-bond acceptors (Lipinski definition) is 2. The van der Waals surface area contributed by atoms with Gasteiger partial charge in [0.25, 0.3) is 0 Å². The summed E-state index contributed by atoms with van der Waals surface area (Å²) in [6, 6.07) is 19.0. The maximum atomic E-state index is 3.05. The predicted molar refractivity (Wildman–Crippen MR) is 81.8 cm³/mol. The molecule has 0 atom stereocenters. The van der Waals surface area contributed by atoms with E-state index in [0.717, 1.165) is 5.75 Å². The monoisotopic (exact) mass is 270 g/mol. The SMILES string of the molecule is CC#CSCc1ccccc1Sc1ccccc1. The average molecular weight is 270 g/mol. The van der Waals surface area contributed by atoms with E-state index < -0.39 is 0 Å². The van der Waals surface area contributed by atoms with Gasteiger partial charge in [-0.05, 0) is 35.9 Å². The van der Waals surface area contributed by atoms with Crippen LogP contribution in [0.2, 0.25) is 0 Å². The first-order valence-electron chi connectivity index (χ1n) is 5.74. The van der Waals surface area contributed by atoms with Crippen molar-refractivity contribution in [2.24, 2.45) is 0 Å². The number of benzene rings is 2. The molecule has 0 saturated heterocycles. The molecular weight excluding hydrogens is 256 g/mol. The van der Waals surface area contributed by atoms with Gasteiger partial charge in [-0.1, -0.05) is 65.8 Å². The van der Waals surface area contributed by atoms with Crippen LogP contribution in [-0.4, -0.2) is 0 Å². The van der Waals surface area contributed by atoms with Gasteiger partial charge >= 0.3 is 0 Å². The molecule has 0 aliphatic rings. The van der Waals surface area contributed by atoms with Gasteiger partial charge in [-0.25, -0.2) is 0 Å². The van der Waals surface area contributed by atoms with Crippen molar-refractivity contribution in [2.75, 3.05) is 0 Å². The predicted octanol–water partition coefficient (Wildman–Crippen LogP) is 5.05. The molecule has 2 aromatic rings. The van der Waals surface area contributed by atoms with E-state index in [2.05, 4.69) is 59.7 Å². The molecule has 0 N–H and O–H groups in total. The zero-order chi connectivity index (χ0) is 12.6. The first-order chi connectivity index (χ1) is 8.90. The normalized spacial score (nSPS) is 9.61. The van der Waals surface area contributed by atoms with Gasteiger partial charge in [0.1, 0.15) is 0 Å². The third-order valence-corrected chi connectivity index (χ3v) is 4.28. The largest absolute Gasteiger partial charge is 0.0947 e. The van der Waals surface area contributed by atoms with E-state index in [-0.39, 0.29) is 0 Å². The molecule has 0 aliphatic heterocycles. The Morgan fingerprint density at radius 3 is 2.44 bits per heavy atom. The zero-order valence-electron chi connectivity index (χ0n) is 10.2. The number of thioether (sulfide) groups is 1. The molecule has 0 bridgehead atoms. The topological polar surface area (TPSA) is 0 Å². The molecule has 0 saturated carbocycles. The van der Waals surface area contributed by atoms with Crippen LogP contribution in [0.4, 0.5) is 0 Å². The minimum absolute atomic E-state index is 0.941. The Bertz CT molecular complexity index is 550. The maximum Gasteiger partial charge on any atom is 0.0319 e. The van der Waals surface area contributed by atoms with Gasteiger partial charge in [-0.15, -0.1) is 0 Å². The van der Waals surface area contributed by atoms with E-state index >= 15 is 0 Å². The summed E-state index contributed by atoms with van der Waals surface area (Å²) in [5.74, 6) is 3.85. The van der Waals surface area contributed by atoms with Crippen molar-refractivity contribution in [1.82, 2.24) is 0 Å². The number of hydrogen-bond donors (Lipinski definition) is 0. The minimum atomic E-state index is 0.941. The lowest BCUT2D eigenvalue weighted by atomic mass is 10.2. The summed E-state index contributed by atoms with van der Waals surface area (Å²) in [6.45, 7) is 1.87. The van der Waals surface area contributed by atoms with E-state index in [1.54, 1.807) is 11.8 Å². The van der Waals surface area contributed by atoms with Crippen LogP contribution >= 0.6 is 23.5 Å². The van der Waals surface area contributed by atoms with Gasteiger partial charge in [0.05, 0.1) is 0 Å². The highest BCUT2D eigenvalue weighted by Crippen LogP contribution is 2.31. The van der Waals surface area contributed by atoms with Crippen molar-refractivity contribution in [3.05, 3.63) is 60.2 Å². The average Bonchev–Trinajstić information content (AvgIpc) is 2.42. The van der Waals surface area contributed by atoms with Crippen LogP contribution in [0.3, 0.4) is 0 Å². The van der Waals surface area contributed by atoms with E-state index in [4.69, 9.17) is 0 Å². The Labute approximate surface area is 117 Å². The molecule has 0 spiro atoms. The van der Waals surface area contributed by atoms with Crippen molar-refractivity contribution in [1.29, 1.82) is 0 Å². The van der Waals surface area contributed by atoms with Crippen molar-refractivity contribution in [2.45, 2.75) is 22.5 Å². The van der Waals surface area contributed by atoms with Crippen LogP contribution in [0.25, 0.3) is 0 Å². The van der Waals surface area contributed by atoms with E-state index in [9.17, 15) is 0 Å². The van der Waals surface area contributed by atoms with Gasteiger partial charge < -0.3 is 0 Å². The first kappa shape index (κ1) is 13.1. The molecular formula is C16H14S2. The Morgan fingerprint density at radius 1 is 0.944 bits per heavy atom. The second kappa shape index (κ2) is 7.20. The first-order valence-corrected chi connectivity index (χ1v) is 7.54. The molecule has 0 amide bonds. The van der Waals surface area contributed by atoms with Gasteiger partial charge in [-0.3, -0.25) is 0 Å². The van der Waals surface area contributed by atoms with Crippen molar-refractivity contribution in [3.63, 3.8) is 0 Å². The van der Waals surface area contributed by atoms with Gasteiger partial charge in [0.15, 0.2) is 0 Å². The standard InChI is InChI=1S/C16H14S2/c1-2-12-17-13-14-8-6-7-11-16(14)18-15-9-4-3-5-10-15/h3-11H,13H2,1H3. The Balaban J connectivity index is 2.14. The van der Waals surface area contributed by atoms with Crippen LogP contribution in [0, 0.1) is 11.2 Å². The lowest BCUT2D eigenvalue weighted by Gasteiger charge is -2.07. The third-order valence-electron chi connectivity index (χ3n) is 2.35. The highest BCUT2D eigenvalue weighted by molar-refractivity contribution is 8.03. The summed E-state index contributed by atoms with van der Waals surface area (Å²) in [6.07, 6.45) is 0. The quantitative estimate of drug-likeness (QED) is 0.713. The number of rotatable bonds is 4. The molecule has 0 heterocycles. The molecule has 0 aromatic heterocycles. The zero-order valence-corrected chi connectivity index (χ0v) is 11.9. The molecule has 0 unspecified atom stereocenters. The lowest BCUT2D eigenvalue weighted by Crippen LogP contribution is -1.84. The molecule has 2 heteroatoms. The highest BCUT2D eigenvalue weighted by Gasteiger charge is 2.03. The second-order valence-electron chi connectivity index (χ2n) is 3.66. The Hall–Kier alpha value is -1.30. The summed E-state index contributed by atoms with van der Waals surface area (Å²) < 4.78 is 0. The van der Waals surface area contributed by atoms with Crippen molar-refractivity contribution >= 4 is 23.5 Å². The van der Waals surface area contributed by atoms with Crippen LogP contribution in [0.1, 0.15) is 12.5 Å². The maximum absolute atomic E-state index is 3.05. The van der Waals surface area contributed by atoms with Crippen LogP contribution in [-0.2, 0) is 5.75 Å². The van der Waals surface area contributed by atoms with Gasteiger partial charge in [0, 0.05) is 15.5 Å². The van der Waals surface area contributed by atoms with Crippen molar-refractivity contribution in [3.8, 4) is 11.2 Å². The molecule has 2 rings (SSSR count). The molecule has 0 nitrogen and oxygen atoms in total. The fraction of sp³-hybridized carbons (Fsp3) is 0.125. The summed E-state index contributed by atoms with van der Waals surface area (Å²) in [5.41, 5.74) is 1.35. The van der Waals surface area contributed by atoms with Crippen molar-refractivity contribution < 1.29 is 0 Å². The van der Waals surface area contributed by atoms with Gasteiger partial charge in [-0.2, -0.15) is 0 Å². The smallest absolute Gasteiger partial charge is 0.0319 e. The molecule has 0 aliphatic carbocycles. The fourth-order valence-corrected chi connectivity index (χ4v) is 3.20.